The molecule has 16 heavy (non-hydrogen) atoms. The van der Waals surface area contributed by atoms with Crippen molar-refractivity contribution in [2.75, 3.05) is 7.11 Å². The summed E-state index contributed by atoms with van der Waals surface area (Å²) in [6, 6.07) is 3.77. The number of ketones is 1. The number of esters is 1. The summed E-state index contributed by atoms with van der Waals surface area (Å²) < 4.78 is 4.46. The third-order valence-corrected chi connectivity index (χ3v) is 2.28. The predicted molar refractivity (Wildman–Crippen MR) is 58.8 cm³/mol. The lowest BCUT2D eigenvalue weighted by Crippen LogP contribution is -2.06. The fourth-order valence-corrected chi connectivity index (χ4v) is 1.30. The Bertz CT molecular complexity index is 349. The second-order valence-electron chi connectivity index (χ2n) is 3.47. The first-order chi connectivity index (χ1) is 7.72. The molecule has 0 aliphatic carbocycles. The zero-order valence-electron chi connectivity index (χ0n) is 9.31. The first-order valence-corrected chi connectivity index (χ1v) is 5.20. The number of carbonyl (C=O) groups is 2. The van der Waals surface area contributed by atoms with Crippen LogP contribution in [0.25, 0.3) is 0 Å². The molecule has 1 heterocycles. The largest absolute Gasteiger partial charge is 0.469 e. The molecule has 0 N–H and O–H groups in total. The second-order valence-corrected chi connectivity index (χ2v) is 3.47. The van der Waals surface area contributed by atoms with E-state index in [9.17, 15) is 9.59 Å². The third-order valence-electron chi connectivity index (χ3n) is 2.28. The Balaban J connectivity index is 2.23. The lowest BCUT2D eigenvalue weighted by molar-refractivity contribution is -0.141. The number of pyridine rings is 1. The van der Waals surface area contributed by atoms with E-state index in [-0.39, 0.29) is 24.6 Å². The molecule has 0 unspecified atom stereocenters. The highest BCUT2D eigenvalue weighted by Crippen LogP contribution is 2.04. The molecule has 0 aromatic carbocycles. The zero-order chi connectivity index (χ0) is 11.8. The van der Waals surface area contributed by atoms with Gasteiger partial charge in [0.1, 0.15) is 5.78 Å². The number of aryl methyl sites for hydroxylation is 1. The Morgan fingerprint density at radius 3 is 2.50 bits per heavy atom. The highest BCUT2D eigenvalue weighted by atomic mass is 16.5. The summed E-state index contributed by atoms with van der Waals surface area (Å²) in [4.78, 5) is 26.1. The number of nitrogens with zero attached hydrogens (tertiary/aromatic N) is 1. The molecule has 0 aliphatic heterocycles. The maximum atomic E-state index is 11.4. The maximum absolute atomic E-state index is 11.4. The van der Waals surface area contributed by atoms with E-state index in [1.807, 2.05) is 12.1 Å². The normalized spacial score (nSPS) is 9.81. The minimum atomic E-state index is -0.336. The SMILES string of the molecule is COC(=O)CCC(=O)CCc1ccncc1. The average molecular weight is 221 g/mol. The van der Waals surface area contributed by atoms with Gasteiger partial charge in [-0.1, -0.05) is 0 Å². The van der Waals surface area contributed by atoms with Crippen LogP contribution in [0.15, 0.2) is 24.5 Å². The molecule has 0 bridgehead atoms. The summed E-state index contributed by atoms with van der Waals surface area (Å²) in [5, 5.41) is 0. The van der Waals surface area contributed by atoms with Crippen LogP contribution < -0.4 is 0 Å². The van der Waals surface area contributed by atoms with Crippen LogP contribution in [0.3, 0.4) is 0 Å². The zero-order valence-corrected chi connectivity index (χ0v) is 9.31. The van der Waals surface area contributed by atoms with Crippen LogP contribution in [-0.4, -0.2) is 23.8 Å². The molecular weight excluding hydrogens is 206 g/mol. The van der Waals surface area contributed by atoms with E-state index in [0.717, 1.165) is 5.56 Å². The lowest BCUT2D eigenvalue weighted by atomic mass is 10.1. The van der Waals surface area contributed by atoms with Crippen LogP contribution in [0.5, 0.6) is 0 Å². The molecule has 4 heteroatoms. The van der Waals surface area contributed by atoms with Gasteiger partial charge in [-0.3, -0.25) is 14.6 Å². The van der Waals surface area contributed by atoms with Crippen molar-refractivity contribution in [3.63, 3.8) is 0 Å². The average Bonchev–Trinajstić information content (AvgIpc) is 2.34. The smallest absolute Gasteiger partial charge is 0.305 e. The highest BCUT2D eigenvalue weighted by Gasteiger charge is 2.06. The highest BCUT2D eigenvalue weighted by molar-refractivity contribution is 5.83. The first kappa shape index (κ1) is 12.4. The predicted octanol–water partition coefficient (Wildman–Crippen LogP) is 1.54. The van der Waals surface area contributed by atoms with Gasteiger partial charge in [-0.05, 0) is 24.1 Å². The summed E-state index contributed by atoms with van der Waals surface area (Å²) in [5.41, 5.74) is 1.08. The van der Waals surface area contributed by atoms with E-state index >= 15 is 0 Å². The van der Waals surface area contributed by atoms with Crippen molar-refractivity contribution in [2.45, 2.75) is 25.7 Å². The Kier molecular flexibility index (Phi) is 5.19. The van der Waals surface area contributed by atoms with Crippen LogP contribution in [0.2, 0.25) is 0 Å². The van der Waals surface area contributed by atoms with E-state index in [2.05, 4.69) is 9.72 Å². The van der Waals surface area contributed by atoms with Crippen molar-refractivity contribution in [3.8, 4) is 0 Å². The summed E-state index contributed by atoms with van der Waals surface area (Å²) in [7, 11) is 1.32. The minimum absolute atomic E-state index is 0.0854. The van der Waals surface area contributed by atoms with Gasteiger partial charge >= 0.3 is 5.97 Å². The molecule has 0 aliphatic rings. The number of carbonyl (C=O) groups excluding carboxylic acids is 2. The number of hydrogen-bond donors (Lipinski definition) is 0. The molecule has 0 atom stereocenters. The topological polar surface area (TPSA) is 56.3 Å². The van der Waals surface area contributed by atoms with Crippen molar-refractivity contribution >= 4 is 11.8 Å². The molecule has 0 saturated heterocycles. The van der Waals surface area contributed by atoms with E-state index < -0.39 is 0 Å². The monoisotopic (exact) mass is 221 g/mol. The molecule has 1 aromatic rings. The lowest BCUT2D eigenvalue weighted by Gasteiger charge is -2.00. The van der Waals surface area contributed by atoms with Crippen molar-refractivity contribution < 1.29 is 14.3 Å². The van der Waals surface area contributed by atoms with Gasteiger partial charge in [0.2, 0.25) is 0 Å². The molecule has 4 nitrogen and oxygen atoms in total. The summed E-state index contributed by atoms with van der Waals surface area (Å²) >= 11 is 0. The first-order valence-electron chi connectivity index (χ1n) is 5.20. The Labute approximate surface area is 94.6 Å². The number of methoxy groups -OCH3 is 1. The molecule has 0 amide bonds. The Morgan fingerprint density at radius 2 is 1.88 bits per heavy atom. The van der Waals surface area contributed by atoms with Crippen molar-refractivity contribution in [3.05, 3.63) is 30.1 Å². The van der Waals surface area contributed by atoms with Crippen LogP contribution in [0.4, 0.5) is 0 Å². The number of Topliss-reactive ketones (excluding diaryl/α,β-unsaturated/α-hetero) is 1. The van der Waals surface area contributed by atoms with Gasteiger partial charge in [0.05, 0.1) is 13.5 Å². The van der Waals surface area contributed by atoms with Gasteiger partial charge in [-0.2, -0.15) is 0 Å². The standard InChI is InChI=1S/C12H15NO3/c1-16-12(15)5-4-11(14)3-2-10-6-8-13-9-7-10/h6-9H,2-5H2,1H3. The number of ether oxygens (including phenoxy) is 1. The number of hydrogen-bond acceptors (Lipinski definition) is 4. The van der Waals surface area contributed by atoms with Crippen LogP contribution in [0.1, 0.15) is 24.8 Å². The summed E-state index contributed by atoms with van der Waals surface area (Å²) in [6.45, 7) is 0. The minimum Gasteiger partial charge on any atom is -0.469 e. The van der Waals surface area contributed by atoms with Gasteiger partial charge < -0.3 is 4.74 Å². The quantitative estimate of drug-likeness (QED) is 0.684. The molecule has 0 fully saturated rings. The maximum Gasteiger partial charge on any atom is 0.305 e. The third kappa shape index (κ3) is 4.68. The van der Waals surface area contributed by atoms with Crippen molar-refractivity contribution in [2.24, 2.45) is 0 Å². The molecule has 0 saturated carbocycles. The van der Waals surface area contributed by atoms with Crippen molar-refractivity contribution in [1.29, 1.82) is 0 Å². The van der Waals surface area contributed by atoms with Gasteiger partial charge in [-0.25, -0.2) is 0 Å². The second kappa shape index (κ2) is 6.71. The molecule has 0 spiro atoms. The van der Waals surface area contributed by atoms with Crippen LogP contribution in [0, 0.1) is 0 Å². The van der Waals surface area contributed by atoms with E-state index in [4.69, 9.17) is 0 Å². The van der Waals surface area contributed by atoms with E-state index in [0.29, 0.717) is 12.8 Å². The van der Waals surface area contributed by atoms with Gasteiger partial charge in [0.15, 0.2) is 0 Å². The fourth-order valence-electron chi connectivity index (χ4n) is 1.30. The van der Waals surface area contributed by atoms with E-state index in [1.54, 1.807) is 12.4 Å². The molecule has 1 aromatic heterocycles. The molecule has 0 radical (unpaired) electrons. The van der Waals surface area contributed by atoms with Crippen molar-refractivity contribution in [1.82, 2.24) is 4.98 Å². The fraction of sp³-hybridized carbons (Fsp3) is 0.417. The molecule has 86 valence electrons. The summed E-state index contributed by atoms with van der Waals surface area (Å²) in [6.07, 6.45) is 5.00. The molecular formula is C12H15NO3. The number of aromatic nitrogens is 1. The van der Waals surface area contributed by atoms with Gasteiger partial charge in [-0.15, -0.1) is 0 Å². The summed E-state index contributed by atoms with van der Waals surface area (Å²) in [5.74, 6) is -0.250. The van der Waals surface area contributed by atoms with Crippen LogP contribution in [-0.2, 0) is 20.7 Å². The van der Waals surface area contributed by atoms with Gasteiger partial charge in [0, 0.05) is 25.2 Å². The Morgan fingerprint density at radius 1 is 1.19 bits per heavy atom. The number of rotatable bonds is 6. The van der Waals surface area contributed by atoms with Crippen LogP contribution >= 0.6 is 0 Å². The van der Waals surface area contributed by atoms with Gasteiger partial charge in [0.25, 0.3) is 0 Å². The Hall–Kier alpha value is -1.71. The molecule has 1 rings (SSSR count). The van der Waals surface area contributed by atoms with E-state index in [1.165, 1.54) is 7.11 Å².